The Morgan fingerprint density at radius 1 is 1.10 bits per heavy atom. The van der Waals surface area contributed by atoms with Crippen LogP contribution in [-0.4, -0.2) is 22.3 Å². The summed E-state index contributed by atoms with van der Waals surface area (Å²) in [6, 6.07) is 16.8. The number of H-pyrrole nitrogens is 1. The fourth-order valence-corrected chi connectivity index (χ4v) is 5.06. The van der Waals surface area contributed by atoms with Crippen molar-refractivity contribution in [2.75, 3.05) is 6.54 Å². The van der Waals surface area contributed by atoms with Crippen LogP contribution in [0.25, 0.3) is 22.2 Å². The van der Waals surface area contributed by atoms with Crippen LogP contribution in [0.5, 0.6) is 0 Å². The molecule has 0 atom stereocenters. The molecule has 3 heterocycles. The van der Waals surface area contributed by atoms with Gasteiger partial charge in [-0.15, -0.1) is 11.3 Å². The van der Waals surface area contributed by atoms with Gasteiger partial charge in [-0.3, -0.25) is 4.79 Å². The van der Waals surface area contributed by atoms with Gasteiger partial charge in [-0.1, -0.05) is 18.2 Å². The normalized spacial score (nSPS) is 13.6. The SMILES string of the molecule is O=C(CCc1c(-c2ccc(F)cc2)[nH]c2ccccc12)N1CCc2sccc2C1. The molecule has 29 heavy (non-hydrogen) atoms. The number of carbonyl (C=O) groups is 1. The zero-order valence-electron chi connectivity index (χ0n) is 16.0. The maximum atomic E-state index is 13.4. The van der Waals surface area contributed by atoms with Gasteiger partial charge in [0.15, 0.2) is 0 Å². The lowest BCUT2D eigenvalue weighted by Gasteiger charge is -2.27. The van der Waals surface area contributed by atoms with Gasteiger partial charge in [0.2, 0.25) is 5.91 Å². The van der Waals surface area contributed by atoms with Crippen LogP contribution >= 0.6 is 11.3 Å². The van der Waals surface area contributed by atoms with Crippen LogP contribution in [0, 0.1) is 5.82 Å². The summed E-state index contributed by atoms with van der Waals surface area (Å²) in [5.74, 6) is -0.0586. The number of hydrogen-bond acceptors (Lipinski definition) is 2. The van der Waals surface area contributed by atoms with Gasteiger partial charge in [0.25, 0.3) is 0 Å². The molecular formula is C24H21FN2OS. The van der Waals surface area contributed by atoms with E-state index in [-0.39, 0.29) is 11.7 Å². The predicted molar refractivity (Wildman–Crippen MR) is 115 cm³/mol. The number of benzene rings is 2. The number of hydrogen-bond donors (Lipinski definition) is 1. The molecule has 2 aromatic heterocycles. The molecule has 0 saturated heterocycles. The van der Waals surface area contributed by atoms with Crippen molar-refractivity contribution >= 4 is 28.1 Å². The third kappa shape index (κ3) is 3.47. The van der Waals surface area contributed by atoms with E-state index in [9.17, 15) is 9.18 Å². The van der Waals surface area contributed by atoms with E-state index in [1.165, 1.54) is 22.6 Å². The molecule has 0 aliphatic carbocycles. The number of nitrogens with zero attached hydrogens (tertiary/aromatic N) is 1. The summed E-state index contributed by atoms with van der Waals surface area (Å²) in [5.41, 5.74) is 5.35. The quantitative estimate of drug-likeness (QED) is 0.475. The van der Waals surface area contributed by atoms with E-state index in [4.69, 9.17) is 0 Å². The third-order valence-corrected chi connectivity index (χ3v) is 6.72. The van der Waals surface area contributed by atoms with Crippen LogP contribution in [0.3, 0.4) is 0 Å². The molecule has 0 fully saturated rings. The largest absolute Gasteiger partial charge is 0.354 e. The maximum Gasteiger partial charge on any atom is 0.223 e. The van der Waals surface area contributed by atoms with E-state index in [1.54, 1.807) is 23.5 Å². The molecule has 5 heteroatoms. The maximum absolute atomic E-state index is 13.4. The highest BCUT2D eigenvalue weighted by atomic mass is 32.1. The number of aromatic amines is 1. The molecule has 1 N–H and O–H groups in total. The molecule has 3 nitrogen and oxygen atoms in total. The van der Waals surface area contributed by atoms with Gasteiger partial charge in [-0.2, -0.15) is 0 Å². The second-order valence-corrected chi connectivity index (χ2v) is 8.47. The average Bonchev–Trinajstić information content (AvgIpc) is 3.36. The summed E-state index contributed by atoms with van der Waals surface area (Å²) in [4.78, 5) is 19.8. The monoisotopic (exact) mass is 404 g/mol. The lowest BCUT2D eigenvalue weighted by Crippen LogP contribution is -2.35. The fourth-order valence-electron chi connectivity index (χ4n) is 4.17. The Labute approximate surface area is 172 Å². The fraction of sp³-hybridized carbons (Fsp3) is 0.208. The summed E-state index contributed by atoms with van der Waals surface area (Å²) < 4.78 is 13.4. The van der Waals surface area contributed by atoms with Crippen LogP contribution in [-0.2, 0) is 24.2 Å². The number of nitrogens with one attached hydrogen (secondary N) is 1. The van der Waals surface area contributed by atoms with E-state index in [0.29, 0.717) is 12.8 Å². The van der Waals surface area contributed by atoms with Gasteiger partial charge in [-0.05, 0) is 71.3 Å². The molecule has 1 amide bonds. The molecule has 0 bridgehead atoms. The molecule has 4 aromatic rings. The van der Waals surface area contributed by atoms with E-state index in [1.807, 2.05) is 23.1 Å². The van der Waals surface area contributed by atoms with Crippen LogP contribution < -0.4 is 0 Å². The minimum Gasteiger partial charge on any atom is -0.354 e. The number of carbonyl (C=O) groups excluding carboxylic acids is 1. The van der Waals surface area contributed by atoms with E-state index < -0.39 is 0 Å². The molecule has 2 aromatic carbocycles. The Kier molecular flexibility index (Phi) is 4.68. The van der Waals surface area contributed by atoms with E-state index >= 15 is 0 Å². The first-order chi connectivity index (χ1) is 14.2. The first-order valence-electron chi connectivity index (χ1n) is 9.87. The first-order valence-corrected chi connectivity index (χ1v) is 10.8. The molecule has 0 radical (unpaired) electrons. The van der Waals surface area contributed by atoms with Crippen molar-refractivity contribution < 1.29 is 9.18 Å². The molecule has 146 valence electrons. The van der Waals surface area contributed by atoms with E-state index in [2.05, 4.69) is 22.5 Å². The van der Waals surface area contributed by atoms with Crippen molar-refractivity contribution in [1.29, 1.82) is 0 Å². The van der Waals surface area contributed by atoms with Crippen LogP contribution in [0.1, 0.15) is 22.4 Å². The summed E-state index contributed by atoms with van der Waals surface area (Å²) in [6.45, 7) is 1.52. The van der Waals surface area contributed by atoms with Crippen LogP contribution in [0.15, 0.2) is 60.0 Å². The Balaban J connectivity index is 1.40. The topological polar surface area (TPSA) is 36.1 Å². The summed E-state index contributed by atoms with van der Waals surface area (Å²) in [5, 5.41) is 3.23. The highest BCUT2D eigenvalue weighted by Gasteiger charge is 2.22. The molecular weight excluding hydrogens is 383 g/mol. The highest BCUT2D eigenvalue weighted by molar-refractivity contribution is 7.10. The second-order valence-electron chi connectivity index (χ2n) is 7.47. The molecule has 0 spiro atoms. The highest BCUT2D eigenvalue weighted by Crippen LogP contribution is 2.32. The Bertz CT molecular complexity index is 1180. The van der Waals surface area contributed by atoms with Crippen molar-refractivity contribution in [1.82, 2.24) is 9.88 Å². The number of rotatable bonds is 4. The molecule has 1 aliphatic rings. The third-order valence-electron chi connectivity index (χ3n) is 5.70. The van der Waals surface area contributed by atoms with Gasteiger partial charge < -0.3 is 9.88 Å². The Hall–Kier alpha value is -2.92. The minimum absolute atomic E-state index is 0.192. The molecule has 0 unspecified atom stereocenters. The van der Waals surface area contributed by atoms with Crippen molar-refractivity contribution in [3.63, 3.8) is 0 Å². The van der Waals surface area contributed by atoms with Gasteiger partial charge in [0, 0.05) is 41.0 Å². The number of para-hydroxylation sites is 1. The summed E-state index contributed by atoms with van der Waals surface area (Å²) >= 11 is 1.78. The summed E-state index contributed by atoms with van der Waals surface area (Å²) in [7, 11) is 0. The van der Waals surface area contributed by atoms with Crippen LogP contribution in [0.2, 0.25) is 0 Å². The Morgan fingerprint density at radius 2 is 1.93 bits per heavy atom. The molecule has 0 saturated carbocycles. The van der Waals surface area contributed by atoms with Crippen molar-refractivity contribution in [3.05, 3.63) is 81.8 Å². The number of fused-ring (bicyclic) bond motifs is 2. The number of amides is 1. The number of aromatic nitrogens is 1. The average molecular weight is 405 g/mol. The lowest BCUT2D eigenvalue weighted by atomic mass is 10.0. The lowest BCUT2D eigenvalue weighted by molar-refractivity contribution is -0.132. The van der Waals surface area contributed by atoms with Gasteiger partial charge in [0.05, 0.1) is 0 Å². The predicted octanol–water partition coefficient (Wildman–Crippen LogP) is 5.55. The zero-order chi connectivity index (χ0) is 19.8. The molecule has 5 rings (SSSR count). The standard InChI is InChI=1S/C24H21FN2OS/c25-18-7-5-16(6-8-18)24-20(19-3-1-2-4-21(19)26-24)9-10-23(28)27-13-11-22-17(15-27)12-14-29-22/h1-8,12,14,26H,9-11,13,15H2. The first kappa shape index (κ1) is 18.1. The number of aryl methyl sites for hydroxylation is 1. The smallest absolute Gasteiger partial charge is 0.223 e. The minimum atomic E-state index is -0.250. The summed E-state index contributed by atoms with van der Waals surface area (Å²) in [6.07, 6.45) is 2.07. The van der Waals surface area contributed by atoms with Crippen molar-refractivity contribution in [2.24, 2.45) is 0 Å². The number of halogens is 1. The van der Waals surface area contributed by atoms with Gasteiger partial charge in [0.1, 0.15) is 5.82 Å². The zero-order valence-corrected chi connectivity index (χ0v) is 16.8. The van der Waals surface area contributed by atoms with Gasteiger partial charge >= 0.3 is 0 Å². The van der Waals surface area contributed by atoms with Gasteiger partial charge in [-0.25, -0.2) is 4.39 Å². The van der Waals surface area contributed by atoms with Crippen LogP contribution in [0.4, 0.5) is 4.39 Å². The number of thiophene rings is 1. The van der Waals surface area contributed by atoms with Crippen molar-refractivity contribution in [3.8, 4) is 11.3 Å². The van der Waals surface area contributed by atoms with Crippen molar-refractivity contribution in [2.45, 2.75) is 25.8 Å². The second kappa shape index (κ2) is 7.48. The molecule has 1 aliphatic heterocycles. The Morgan fingerprint density at radius 3 is 2.79 bits per heavy atom. The van der Waals surface area contributed by atoms with E-state index in [0.717, 1.165) is 47.2 Å².